The lowest BCUT2D eigenvalue weighted by Gasteiger charge is -2.09. The van der Waals surface area contributed by atoms with E-state index in [4.69, 9.17) is 20.8 Å². The van der Waals surface area contributed by atoms with E-state index in [1.54, 1.807) is 19.5 Å². The number of carbonyl (C=O) groups excluding carboxylic acids is 1. The third kappa shape index (κ3) is 3.90. The summed E-state index contributed by atoms with van der Waals surface area (Å²) >= 11 is 6.05. The molecular weight excluding hydrogens is 438 g/mol. The van der Waals surface area contributed by atoms with E-state index in [2.05, 4.69) is 14.5 Å². The van der Waals surface area contributed by atoms with Gasteiger partial charge in [0.15, 0.2) is 0 Å². The van der Waals surface area contributed by atoms with Gasteiger partial charge in [0.2, 0.25) is 5.78 Å². The van der Waals surface area contributed by atoms with Crippen LogP contribution in [0.5, 0.6) is 5.75 Å². The molecule has 0 N–H and O–H groups in total. The topological polar surface area (TPSA) is 70.2 Å². The maximum atomic E-state index is 13.6. The molecule has 0 aliphatic heterocycles. The van der Waals surface area contributed by atoms with Gasteiger partial charge in [-0.25, -0.2) is 4.98 Å². The second-order valence-corrected chi connectivity index (χ2v) is 8.10. The van der Waals surface area contributed by atoms with Gasteiger partial charge in [0, 0.05) is 46.1 Å². The Hall–Kier alpha value is -3.90. The zero-order valence-corrected chi connectivity index (χ0v) is 18.8. The van der Waals surface area contributed by atoms with Crippen LogP contribution < -0.4 is 4.74 Å². The zero-order chi connectivity index (χ0) is 22.9. The average molecular weight is 458 g/mol. The molecule has 0 radical (unpaired) electrons. The fraction of sp³-hybridized carbons (Fsp3) is 0.115. The van der Waals surface area contributed by atoms with Crippen LogP contribution in [-0.2, 0) is 6.54 Å². The molecule has 5 rings (SSSR count). The molecular formula is C26H20ClN3O3. The Bertz CT molecular complexity index is 1450. The smallest absolute Gasteiger partial charge is 0.268 e. The summed E-state index contributed by atoms with van der Waals surface area (Å²) in [7, 11) is 1.61. The molecule has 0 unspecified atom stereocenters. The third-order valence-electron chi connectivity index (χ3n) is 5.69. The summed E-state index contributed by atoms with van der Waals surface area (Å²) in [6, 6.07) is 17.1. The van der Waals surface area contributed by atoms with Gasteiger partial charge in [-0.1, -0.05) is 23.7 Å². The summed E-state index contributed by atoms with van der Waals surface area (Å²) < 4.78 is 13.1. The van der Waals surface area contributed by atoms with E-state index in [1.165, 1.54) is 6.26 Å². The molecule has 0 aliphatic carbocycles. The van der Waals surface area contributed by atoms with Crippen LogP contribution in [0.1, 0.15) is 27.5 Å². The van der Waals surface area contributed by atoms with Crippen LogP contribution in [0.2, 0.25) is 5.02 Å². The van der Waals surface area contributed by atoms with Crippen molar-refractivity contribution in [2.45, 2.75) is 13.5 Å². The number of ether oxygens (including phenoxy) is 1. The summed E-state index contributed by atoms with van der Waals surface area (Å²) in [5, 5.41) is 1.47. The van der Waals surface area contributed by atoms with Crippen molar-refractivity contribution in [2.75, 3.05) is 7.11 Å². The van der Waals surface area contributed by atoms with Crippen LogP contribution in [0.4, 0.5) is 0 Å². The molecule has 0 saturated heterocycles. The molecule has 0 fully saturated rings. The first-order valence-electron chi connectivity index (χ1n) is 10.4. The Balaban J connectivity index is 1.61. The van der Waals surface area contributed by atoms with Gasteiger partial charge >= 0.3 is 0 Å². The SMILES string of the molecule is COc1ccc2c(c1)c(C(=O)c1nc(-c3ccncc3)co1)c(C)n2Cc1ccc(Cl)cc1. The molecule has 0 bridgehead atoms. The number of carbonyl (C=O) groups is 1. The van der Waals surface area contributed by atoms with Crippen LogP contribution in [-0.4, -0.2) is 27.4 Å². The van der Waals surface area contributed by atoms with Crippen molar-refractivity contribution in [2.24, 2.45) is 0 Å². The van der Waals surface area contributed by atoms with Gasteiger partial charge < -0.3 is 13.7 Å². The molecule has 5 aromatic rings. The molecule has 0 spiro atoms. The first-order chi connectivity index (χ1) is 16.0. The standard InChI is InChI=1S/C26H20ClN3O3/c1-16-24(25(31)26-29-22(15-33-26)18-9-11-28-12-10-18)21-13-20(32-2)7-8-23(21)30(16)14-17-3-5-19(27)6-4-17/h3-13,15H,14H2,1-2H3. The van der Waals surface area contributed by atoms with E-state index in [0.717, 1.165) is 27.7 Å². The first kappa shape index (κ1) is 21.0. The van der Waals surface area contributed by atoms with Crippen LogP contribution in [0.25, 0.3) is 22.2 Å². The predicted molar refractivity (Wildman–Crippen MR) is 127 cm³/mol. The second-order valence-electron chi connectivity index (χ2n) is 7.66. The molecule has 33 heavy (non-hydrogen) atoms. The van der Waals surface area contributed by atoms with Crippen LogP contribution in [0.15, 0.2) is 77.7 Å². The largest absolute Gasteiger partial charge is 0.497 e. The molecule has 0 saturated carbocycles. The van der Waals surface area contributed by atoms with Crippen LogP contribution in [0, 0.1) is 6.92 Å². The number of oxazole rings is 1. The van der Waals surface area contributed by atoms with Crippen LogP contribution >= 0.6 is 11.6 Å². The van der Waals surface area contributed by atoms with Gasteiger partial charge in [-0.2, -0.15) is 0 Å². The van der Waals surface area contributed by atoms with Crippen molar-refractivity contribution in [3.05, 3.63) is 101 Å². The van der Waals surface area contributed by atoms with Crippen molar-refractivity contribution in [3.63, 3.8) is 0 Å². The normalized spacial score (nSPS) is 11.1. The number of hydrogen-bond acceptors (Lipinski definition) is 5. The minimum Gasteiger partial charge on any atom is -0.497 e. The van der Waals surface area contributed by atoms with Gasteiger partial charge in [0.05, 0.1) is 12.7 Å². The van der Waals surface area contributed by atoms with E-state index in [1.807, 2.05) is 61.5 Å². The molecule has 3 heterocycles. The number of fused-ring (bicyclic) bond motifs is 1. The maximum absolute atomic E-state index is 13.6. The van der Waals surface area contributed by atoms with Crippen molar-refractivity contribution in [1.82, 2.24) is 14.5 Å². The Morgan fingerprint density at radius 3 is 2.58 bits per heavy atom. The van der Waals surface area contributed by atoms with Gasteiger partial charge in [0.1, 0.15) is 17.7 Å². The fourth-order valence-electron chi connectivity index (χ4n) is 3.99. The lowest BCUT2D eigenvalue weighted by atomic mass is 10.1. The number of halogens is 1. The van der Waals surface area contributed by atoms with Gasteiger partial charge in [-0.3, -0.25) is 9.78 Å². The monoisotopic (exact) mass is 457 g/mol. The highest BCUT2D eigenvalue weighted by Crippen LogP contribution is 2.32. The summed E-state index contributed by atoms with van der Waals surface area (Å²) in [4.78, 5) is 22.1. The van der Waals surface area contributed by atoms with Crippen LogP contribution in [0.3, 0.4) is 0 Å². The summed E-state index contributed by atoms with van der Waals surface area (Å²) in [6.45, 7) is 2.52. The average Bonchev–Trinajstić information content (AvgIpc) is 3.44. The molecule has 2 aromatic carbocycles. The molecule has 164 valence electrons. The minimum absolute atomic E-state index is 0.0401. The summed E-state index contributed by atoms with van der Waals surface area (Å²) in [5.41, 5.74) is 4.78. The minimum atomic E-state index is -0.277. The van der Waals surface area contributed by atoms with Crippen molar-refractivity contribution in [1.29, 1.82) is 0 Å². The van der Waals surface area contributed by atoms with E-state index in [0.29, 0.717) is 28.6 Å². The number of nitrogens with zero attached hydrogens (tertiary/aromatic N) is 3. The number of pyridine rings is 1. The highest BCUT2D eigenvalue weighted by atomic mass is 35.5. The highest BCUT2D eigenvalue weighted by molar-refractivity contribution is 6.30. The van der Waals surface area contributed by atoms with Gasteiger partial charge in [-0.05, 0) is 55.0 Å². The van der Waals surface area contributed by atoms with E-state index >= 15 is 0 Å². The van der Waals surface area contributed by atoms with Gasteiger partial charge in [0.25, 0.3) is 5.89 Å². The molecule has 6 nitrogen and oxygen atoms in total. The summed E-state index contributed by atoms with van der Waals surface area (Å²) in [5.74, 6) is 0.435. The van der Waals surface area contributed by atoms with Crippen molar-refractivity contribution >= 4 is 28.3 Å². The third-order valence-corrected chi connectivity index (χ3v) is 5.94. The van der Waals surface area contributed by atoms with E-state index < -0.39 is 0 Å². The molecule has 7 heteroatoms. The Kier molecular flexibility index (Phi) is 5.44. The number of methoxy groups -OCH3 is 1. The fourth-order valence-corrected chi connectivity index (χ4v) is 4.12. The first-order valence-corrected chi connectivity index (χ1v) is 10.7. The number of aromatic nitrogens is 3. The Morgan fingerprint density at radius 2 is 1.85 bits per heavy atom. The molecule has 0 atom stereocenters. The highest BCUT2D eigenvalue weighted by Gasteiger charge is 2.25. The Morgan fingerprint density at radius 1 is 1.09 bits per heavy atom. The molecule has 0 amide bonds. The Labute approximate surface area is 195 Å². The zero-order valence-electron chi connectivity index (χ0n) is 18.1. The quantitative estimate of drug-likeness (QED) is 0.295. The molecule has 0 aliphatic rings. The summed E-state index contributed by atoms with van der Waals surface area (Å²) in [6.07, 6.45) is 4.84. The second kappa shape index (κ2) is 8.56. The number of benzene rings is 2. The van der Waals surface area contributed by atoms with Gasteiger partial charge in [-0.15, -0.1) is 0 Å². The van der Waals surface area contributed by atoms with Crippen molar-refractivity contribution < 1.29 is 13.9 Å². The maximum Gasteiger partial charge on any atom is 0.268 e. The van der Waals surface area contributed by atoms with E-state index in [-0.39, 0.29) is 11.7 Å². The predicted octanol–water partition coefficient (Wildman–Crippen LogP) is 5.94. The number of rotatable bonds is 6. The lowest BCUT2D eigenvalue weighted by molar-refractivity contribution is 0.100. The number of ketones is 1. The van der Waals surface area contributed by atoms with Crippen molar-refractivity contribution in [3.8, 4) is 17.0 Å². The van der Waals surface area contributed by atoms with E-state index in [9.17, 15) is 4.79 Å². The molecule has 3 aromatic heterocycles. The lowest BCUT2D eigenvalue weighted by Crippen LogP contribution is -2.06. The number of hydrogen-bond donors (Lipinski definition) is 0.